The Morgan fingerprint density at radius 3 is 2.76 bits per heavy atom. The first-order valence-electron chi connectivity index (χ1n) is 6.86. The van der Waals surface area contributed by atoms with E-state index in [9.17, 15) is 5.11 Å². The molecule has 2 atom stereocenters. The second kappa shape index (κ2) is 4.79. The molecule has 1 aromatic rings. The van der Waals surface area contributed by atoms with Gasteiger partial charge in [0.25, 0.3) is 0 Å². The van der Waals surface area contributed by atoms with Crippen LogP contribution in [0.5, 0.6) is 0 Å². The summed E-state index contributed by atoms with van der Waals surface area (Å²) in [6.45, 7) is 1.05. The van der Waals surface area contributed by atoms with Gasteiger partial charge in [0.05, 0.1) is 6.10 Å². The highest BCUT2D eigenvalue weighted by Crippen LogP contribution is 2.40. The third-order valence-corrected chi connectivity index (χ3v) is 4.03. The fourth-order valence-electron chi connectivity index (χ4n) is 2.79. The molecule has 1 aromatic carbocycles. The van der Waals surface area contributed by atoms with Crippen molar-refractivity contribution in [2.24, 2.45) is 0 Å². The molecule has 1 aliphatic heterocycles. The number of piperidine rings is 1. The average molecular weight is 231 g/mol. The molecule has 17 heavy (non-hydrogen) atoms. The molecule has 0 aromatic heterocycles. The summed E-state index contributed by atoms with van der Waals surface area (Å²) in [6.07, 6.45) is 5.87. The summed E-state index contributed by atoms with van der Waals surface area (Å²) < 4.78 is 0. The minimum Gasteiger partial charge on any atom is -0.387 e. The van der Waals surface area contributed by atoms with Crippen LogP contribution in [-0.4, -0.2) is 17.7 Å². The summed E-state index contributed by atoms with van der Waals surface area (Å²) in [7, 11) is 0. The maximum absolute atomic E-state index is 10.4. The minimum absolute atomic E-state index is 0.248. The first-order valence-corrected chi connectivity index (χ1v) is 6.86. The summed E-state index contributed by atoms with van der Waals surface area (Å²) >= 11 is 0. The van der Waals surface area contributed by atoms with Crippen LogP contribution in [0.4, 0.5) is 0 Å². The zero-order valence-corrected chi connectivity index (χ0v) is 10.2. The van der Waals surface area contributed by atoms with E-state index in [0.29, 0.717) is 0 Å². The summed E-state index contributed by atoms with van der Waals surface area (Å²) in [6, 6.07) is 8.81. The Balaban J connectivity index is 1.74. The number of benzene rings is 1. The van der Waals surface area contributed by atoms with Crippen molar-refractivity contribution in [1.82, 2.24) is 5.32 Å². The van der Waals surface area contributed by atoms with E-state index in [1.807, 2.05) is 0 Å². The van der Waals surface area contributed by atoms with E-state index in [1.165, 1.54) is 31.2 Å². The number of hydrogen-bond donors (Lipinski definition) is 2. The van der Waals surface area contributed by atoms with Crippen molar-refractivity contribution in [3.63, 3.8) is 0 Å². The van der Waals surface area contributed by atoms with Gasteiger partial charge in [-0.3, -0.25) is 0 Å². The van der Waals surface area contributed by atoms with Crippen LogP contribution < -0.4 is 5.32 Å². The molecule has 1 saturated heterocycles. The van der Waals surface area contributed by atoms with Gasteiger partial charge in [-0.05, 0) is 49.3 Å². The second-order valence-electron chi connectivity index (χ2n) is 5.45. The van der Waals surface area contributed by atoms with Gasteiger partial charge >= 0.3 is 0 Å². The van der Waals surface area contributed by atoms with Crippen LogP contribution in [0.25, 0.3) is 0 Å². The zero-order chi connectivity index (χ0) is 11.7. The maximum Gasteiger partial charge on any atom is 0.0943 e. The molecule has 0 spiro atoms. The third kappa shape index (κ3) is 2.53. The standard InChI is InChI=1S/C15H21NO/c17-15(14-6-1-2-9-16-14)13-5-3-4-12(10-13)11-7-8-11/h3-5,10-11,14-17H,1-2,6-9H2. The lowest BCUT2D eigenvalue weighted by Crippen LogP contribution is -2.38. The van der Waals surface area contributed by atoms with Crippen molar-refractivity contribution in [3.8, 4) is 0 Å². The highest BCUT2D eigenvalue weighted by atomic mass is 16.3. The van der Waals surface area contributed by atoms with E-state index in [0.717, 1.165) is 24.4 Å². The van der Waals surface area contributed by atoms with E-state index < -0.39 is 0 Å². The molecule has 1 aliphatic carbocycles. The van der Waals surface area contributed by atoms with Crippen molar-refractivity contribution in [2.45, 2.75) is 50.2 Å². The predicted octanol–water partition coefficient (Wildman–Crippen LogP) is 2.74. The number of nitrogens with one attached hydrogen (secondary N) is 1. The SMILES string of the molecule is OC(c1cccc(C2CC2)c1)C1CCCCN1. The molecule has 2 aliphatic rings. The van der Waals surface area contributed by atoms with Crippen LogP contribution in [0, 0.1) is 0 Å². The molecule has 0 amide bonds. The monoisotopic (exact) mass is 231 g/mol. The van der Waals surface area contributed by atoms with Gasteiger partial charge in [-0.2, -0.15) is 0 Å². The Bertz CT molecular complexity index is 380. The first kappa shape index (κ1) is 11.2. The smallest absolute Gasteiger partial charge is 0.0943 e. The Morgan fingerprint density at radius 2 is 2.06 bits per heavy atom. The van der Waals surface area contributed by atoms with Crippen molar-refractivity contribution in [3.05, 3.63) is 35.4 Å². The fourth-order valence-corrected chi connectivity index (χ4v) is 2.79. The van der Waals surface area contributed by atoms with Crippen LogP contribution >= 0.6 is 0 Å². The van der Waals surface area contributed by atoms with Crippen molar-refractivity contribution >= 4 is 0 Å². The molecule has 92 valence electrons. The van der Waals surface area contributed by atoms with Gasteiger partial charge in [0, 0.05) is 6.04 Å². The normalized spacial score (nSPS) is 26.8. The molecule has 2 heteroatoms. The molecule has 0 radical (unpaired) electrons. The topological polar surface area (TPSA) is 32.3 Å². The van der Waals surface area contributed by atoms with Crippen LogP contribution in [0.15, 0.2) is 24.3 Å². The van der Waals surface area contributed by atoms with Gasteiger partial charge in [-0.1, -0.05) is 30.7 Å². The molecule has 2 fully saturated rings. The number of aliphatic hydroxyl groups is 1. The summed E-state index contributed by atoms with van der Waals surface area (Å²) in [5.74, 6) is 0.765. The molecule has 1 heterocycles. The summed E-state index contributed by atoms with van der Waals surface area (Å²) in [5, 5.41) is 13.8. The predicted molar refractivity (Wildman–Crippen MR) is 69.0 cm³/mol. The zero-order valence-electron chi connectivity index (χ0n) is 10.2. The minimum atomic E-state index is -0.339. The maximum atomic E-state index is 10.4. The Kier molecular flexibility index (Phi) is 3.17. The molecule has 2 unspecified atom stereocenters. The number of rotatable bonds is 3. The van der Waals surface area contributed by atoms with E-state index >= 15 is 0 Å². The molecular formula is C15H21NO. The van der Waals surface area contributed by atoms with Crippen molar-refractivity contribution in [1.29, 1.82) is 0 Å². The lowest BCUT2D eigenvalue weighted by molar-refractivity contribution is 0.114. The number of hydrogen-bond acceptors (Lipinski definition) is 2. The van der Waals surface area contributed by atoms with Gasteiger partial charge in [0.15, 0.2) is 0 Å². The molecular weight excluding hydrogens is 210 g/mol. The Labute approximate surface area is 103 Å². The lowest BCUT2D eigenvalue weighted by atomic mass is 9.93. The van der Waals surface area contributed by atoms with Crippen molar-refractivity contribution in [2.75, 3.05) is 6.54 Å². The van der Waals surface area contributed by atoms with Crippen LogP contribution in [0.2, 0.25) is 0 Å². The number of aliphatic hydroxyl groups excluding tert-OH is 1. The van der Waals surface area contributed by atoms with Gasteiger partial charge in [-0.15, -0.1) is 0 Å². The van der Waals surface area contributed by atoms with Crippen LogP contribution in [-0.2, 0) is 0 Å². The third-order valence-electron chi connectivity index (χ3n) is 4.03. The van der Waals surface area contributed by atoms with Crippen LogP contribution in [0.1, 0.15) is 55.3 Å². The van der Waals surface area contributed by atoms with Gasteiger partial charge in [0.1, 0.15) is 0 Å². The molecule has 2 N–H and O–H groups in total. The summed E-state index contributed by atoms with van der Waals surface area (Å²) in [5.41, 5.74) is 2.51. The average Bonchev–Trinajstić information content (AvgIpc) is 3.23. The van der Waals surface area contributed by atoms with Gasteiger partial charge in [0.2, 0.25) is 0 Å². The first-order chi connectivity index (χ1) is 8.34. The van der Waals surface area contributed by atoms with E-state index in [-0.39, 0.29) is 12.1 Å². The van der Waals surface area contributed by atoms with E-state index in [1.54, 1.807) is 0 Å². The largest absolute Gasteiger partial charge is 0.387 e. The van der Waals surface area contributed by atoms with Crippen molar-refractivity contribution < 1.29 is 5.11 Å². The lowest BCUT2D eigenvalue weighted by Gasteiger charge is -2.28. The Hall–Kier alpha value is -0.860. The quantitative estimate of drug-likeness (QED) is 0.838. The highest BCUT2D eigenvalue weighted by molar-refractivity contribution is 5.31. The highest BCUT2D eigenvalue weighted by Gasteiger charge is 2.26. The summed E-state index contributed by atoms with van der Waals surface area (Å²) in [4.78, 5) is 0. The fraction of sp³-hybridized carbons (Fsp3) is 0.600. The van der Waals surface area contributed by atoms with Gasteiger partial charge < -0.3 is 10.4 Å². The van der Waals surface area contributed by atoms with Crippen LogP contribution in [0.3, 0.4) is 0 Å². The molecule has 0 bridgehead atoms. The molecule has 3 rings (SSSR count). The van der Waals surface area contributed by atoms with Gasteiger partial charge in [-0.25, -0.2) is 0 Å². The second-order valence-corrected chi connectivity index (χ2v) is 5.45. The Morgan fingerprint density at radius 1 is 1.18 bits per heavy atom. The van der Waals surface area contributed by atoms with E-state index in [4.69, 9.17) is 0 Å². The molecule has 1 saturated carbocycles. The molecule has 2 nitrogen and oxygen atoms in total. The van der Waals surface area contributed by atoms with E-state index in [2.05, 4.69) is 29.6 Å².